The Morgan fingerprint density at radius 1 is 1.20 bits per heavy atom. The van der Waals surface area contributed by atoms with Crippen LogP contribution < -0.4 is 5.32 Å². The molecule has 1 aromatic heterocycles. The van der Waals surface area contributed by atoms with Crippen LogP contribution in [0.4, 0.5) is 5.69 Å². The van der Waals surface area contributed by atoms with Crippen LogP contribution in [0.3, 0.4) is 0 Å². The fourth-order valence-electron chi connectivity index (χ4n) is 2.11. The highest BCUT2D eigenvalue weighted by molar-refractivity contribution is 6.33. The zero-order valence-corrected chi connectivity index (χ0v) is 14.0. The minimum absolute atomic E-state index is 0.0516. The number of anilines is 1. The van der Waals surface area contributed by atoms with E-state index in [-0.39, 0.29) is 22.0 Å². The Bertz CT molecular complexity index is 1010. The van der Waals surface area contributed by atoms with Crippen LogP contribution in [0.25, 0.3) is 16.7 Å². The van der Waals surface area contributed by atoms with Crippen molar-refractivity contribution >= 4 is 57.8 Å². The molecule has 0 saturated carbocycles. The maximum Gasteiger partial charge on any atom is 0.337 e. The summed E-state index contributed by atoms with van der Waals surface area (Å²) < 4.78 is 5.52. The fraction of sp³-hybridized carbons (Fsp3) is 0. The number of rotatable bonds is 5. The molecule has 2 aromatic carbocycles. The minimum Gasteiger partial charge on any atom is -0.478 e. The van der Waals surface area contributed by atoms with Crippen LogP contribution in [0.1, 0.15) is 16.2 Å². The standard InChI is InChI=1S/C17H10Cl2N2O4/c18-10-1-4-15-14(5-10)21-16(25-15)9(8-22)7-20-11-2-3-13(19)12(6-11)17(23)24/h1-8,20H,(H,23,24)/b9-7-. The SMILES string of the molecule is O=C/C(=C/Nc1ccc(Cl)c(C(=O)O)c1)c1nc2cc(Cl)ccc2o1. The van der Waals surface area contributed by atoms with Crippen molar-refractivity contribution in [2.45, 2.75) is 0 Å². The number of aromatic nitrogens is 1. The molecule has 0 fully saturated rings. The molecule has 0 aliphatic heterocycles. The third-order valence-corrected chi connectivity index (χ3v) is 3.88. The highest BCUT2D eigenvalue weighted by atomic mass is 35.5. The molecular weight excluding hydrogens is 367 g/mol. The Labute approximate surface area is 151 Å². The summed E-state index contributed by atoms with van der Waals surface area (Å²) in [5.41, 5.74) is 1.56. The quantitative estimate of drug-likeness (QED) is 0.503. The Morgan fingerprint density at radius 2 is 2.00 bits per heavy atom. The number of carbonyl (C=O) groups excluding carboxylic acids is 1. The molecular formula is C17H10Cl2N2O4. The van der Waals surface area contributed by atoms with E-state index >= 15 is 0 Å². The largest absolute Gasteiger partial charge is 0.478 e. The Balaban J connectivity index is 1.91. The molecule has 3 aromatic rings. The van der Waals surface area contributed by atoms with Gasteiger partial charge in [-0.05, 0) is 36.4 Å². The van der Waals surface area contributed by atoms with Gasteiger partial charge < -0.3 is 14.8 Å². The van der Waals surface area contributed by atoms with Crippen LogP contribution in [-0.4, -0.2) is 22.3 Å². The second-order valence-corrected chi connectivity index (χ2v) is 5.84. The highest BCUT2D eigenvalue weighted by Gasteiger charge is 2.12. The Hall–Kier alpha value is -2.83. The number of carboxylic acid groups (broad SMARTS) is 1. The van der Waals surface area contributed by atoms with E-state index < -0.39 is 5.97 Å². The minimum atomic E-state index is -1.15. The molecule has 1 heterocycles. The molecule has 0 spiro atoms. The normalized spacial score (nSPS) is 11.5. The molecule has 0 saturated heterocycles. The summed E-state index contributed by atoms with van der Waals surface area (Å²) in [4.78, 5) is 26.7. The van der Waals surface area contributed by atoms with E-state index in [1.165, 1.54) is 18.3 Å². The van der Waals surface area contributed by atoms with Gasteiger partial charge in [-0.25, -0.2) is 9.78 Å². The summed E-state index contributed by atoms with van der Waals surface area (Å²) in [7, 11) is 0. The van der Waals surface area contributed by atoms with E-state index in [0.717, 1.165) is 0 Å². The number of allylic oxidation sites excluding steroid dienone is 1. The molecule has 0 atom stereocenters. The van der Waals surface area contributed by atoms with Crippen molar-refractivity contribution in [1.29, 1.82) is 0 Å². The molecule has 8 heteroatoms. The molecule has 3 rings (SSSR count). The van der Waals surface area contributed by atoms with Gasteiger partial charge in [0.1, 0.15) is 5.52 Å². The topological polar surface area (TPSA) is 92.4 Å². The number of halogens is 2. The maximum atomic E-state index is 11.4. The zero-order valence-electron chi connectivity index (χ0n) is 12.5. The Morgan fingerprint density at radius 3 is 2.72 bits per heavy atom. The average Bonchev–Trinajstić information content (AvgIpc) is 2.99. The van der Waals surface area contributed by atoms with Crippen molar-refractivity contribution < 1.29 is 19.1 Å². The predicted molar refractivity (Wildman–Crippen MR) is 95.1 cm³/mol. The van der Waals surface area contributed by atoms with E-state index in [0.29, 0.717) is 28.1 Å². The average molecular weight is 377 g/mol. The van der Waals surface area contributed by atoms with Crippen LogP contribution in [0, 0.1) is 0 Å². The molecule has 2 N–H and O–H groups in total. The molecule has 0 unspecified atom stereocenters. The lowest BCUT2D eigenvalue weighted by molar-refractivity contribution is -0.103. The lowest BCUT2D eigenvalue weighted by Gasteiger charge is -2.04. The number of hydrogen-bond donors (Lipinski definition) is 2. The van der Waals surface area contributed by atoms with E-state index in [1.807, 2.05) is 0 Å². The molecule has 126 valence electrons. The summed E-state index contributed by atoms with van der Waals surface area (Å²) in [6.07, 6.45) is 1.95. The third-order valence-electron chi connectivity index (χ3n) is 3.31. The van der Waals surface area contributed by atoms with Crippen LogP contribution in [0.5, 0.6) is 0 Å². The van der Waals surface area contributed by atoms with Gasteiger partial charge in [0.25, 0.3) is 0 Å². The van der Waals surface area contributed by atoms with Crippen molar-refractivity contribution in [2.24, 2.45) is 0 Å². The van der Waals surface area contributed by atoms with Crippen molar-refractivity contribution in [3.63, 3.8) is 0 Å². The van der Waals surface area contributed by atoms with Crippen LogP contribution in [-0.2, 0) is 4.79 Å². The molecule has 0 bridgehead atoms. The van der Waals surface area contributed by atoms with Crippen LogP contribution in [0.2, 0.25) is 10.0 Å². The van der Waals surface area contributed by atoms with E-state index in [4.69, 9.17) is 32.7 Å². The lowest BCUT2D eigenvalue weighted by atomic mass is 10.2. The second-order valence-electron chi connectivity index (χ2n) is 4.99. The van der Waals surface area contributed by atoms with E-state index in [9.17, 15) is 9.59 Å². The highest BCUT2D eigenvalue weighted by Crippen LogP contribution is 2.24. The molecule has 0 aliphatic carbocycles. The van der Waals surface area contributed by atoms with E-state index in [2.05, 4.69) is 10.3 Å². The van der Waals surface area contributed by atoms with Gasteiger partial charge in [-0.1, -0.05) is 23.2 Å². The van der Waals surface area contributed by atoms with Crippen molar-refractivity contribution in [1.82, 2.24) is 4.98 Å². The van der Waals surface area contributed by atoms with Crippen molar-refractivity contribution in [2.75, 3.05) is 5.32 Å². The fourth-order valence-corrected chi connectivity index (χ4v) is 2.47. The molecule has 0 aliphatic rings. The number of fused-ring (bicyclic) bond motifs is 1. The predicted octanol–water partition coefficient (Wildman–Crippen LogP) is 4.48. The zero-order chi connectivity index (χ0) is 18.0. The summed E-state index contributed by atoms with van der Waals surface area (Å²) in [6.45, 7) is 0. The molecule has 0 amide bonds. The molecule has 6 nitrogen and oxygen atoms in total. The summed E-state index contributed by atoms with van der Waals surface area (Å²) >= 11 is 11.7. The first kappa shape index (κ1) is 17.0. The van der Waals surface area contributed by atoms with Crippen molar-refractivity contribution in [3.8, 4) is 0 Å². The van der Waals surface area contributed by atoms with Gasteiger partial charge in [-0.3, -0.25) is 4.79 Å². The summed E-state index contributed by atoms with van der Waals surface area (Å²) in [5.74, 6) is -1.03. The first-order valence-corrected chi connectivity index (χ1v) is 7.74. The maximum absolute atomic E-state index is 11.4. The summed E-state index contributed by atoms with van der Waals surface area (Å²) in [5, 5.41) is 12.5. The summed E-state index contributed by atoms with van der Waals surface area (Å²) in [6, 6.07) is 9.32. The Kier molecular flexibility index (Phi) is 4.74. The number of benzene rings is 2. The number of carboxylic acids is 1. The number of nitrogens with zero attached hydrogens (tertiary/aromatic N) is 1. The number of aldehydes is 1. The van der Waals surface area contributed by atoms with Gasteiger partial charge in [0.15, 0.2) is 11.9 Å². The number of hydrogen-bond acceptors (Lipinski definition) is 5. The molecule has 0 radical (unpaired) electrons. The van der Waals surface area contributed by atoms with E-state index in [1.54, 1.807) is 24.3 Å². The van der Waals surface area contributed by atoms with Gasteiger partial charge in [0.2, 0.25) is 5.89 Å². The van der Waals surface area contributed by atoms with Gasteiger partial charge in [0, 0.05) is 16.9 Å². The van der Waals surface area contributed by atoms with Gasteiger partial charge in [-0.15, -0.1) is 0 Å². The van der Waals surface area contributed by atoms with Crippen LogP contribution in [0.15, 0.2) is 47.0 Å². The number of oxazole rings is 1. The first-order valence-electron chi connectivity index (χ1n) is 6.99. The van der Waals surface area contributed by atoms with Gasteiger partial charge in [-0.2, -0.15) is 0 Å². The lowest BCUT2D eigenvalue weighted by Crippen LogP contribution is -1.99. The first-order chi connectivity index (χ1) is 12.0. The van der Waals surface area contributed by atoms with Crippen LogP contribution >= 0.6 is 23.2 Å². The van der Waals surface area contributed by atoms with Gasteiger partial charge in [0.05, 0.1) is 16.2 Å². The molecule has 25 heavy (non-hydrogen) atoms. The monoisotopic (exact) mass is 376 g/mol. The number of aromatic carboxylic acids is 1. The third kappa shape index (κ3) is 3.65. The smallest absolute Gasteiger partial charge is 0.337 e. The number of nitrogens with one attached hydrogen (secondary N) is 1. The van der Waals surface area contributed by atoms with Gasteiger partial charge >= 0.3 is 5.97 Å². The number of carbonyl (C=O) groups is 2. The second kappa shape index (κ2) is 6.96. The van der Waals surface area contributed by atoms with Crippen molar-refractivity contribution in [3.05, 3.63) is 64.1 Å².